The van der Waals surface area contributed by atoms with Gasteiger partial charge in [0, 0.05) is 24.3 Å². The van der Waals surface area contributed by atoms with E-state index in [1.165, 1.54) is 0 Å². The molecule has 1 heterocycles. The third-order valence-electron chi connectivity index (χ3n) is 3.22. The van der Waals surface area contributed by atoms with Crippen molar-refractivity contribution in [1.82, 2.24) is 0 Å². The van der Waals surface area contributed by atoms with E-state index >= 15 is 0 Å². The summed E-state index contributed by atoms with van der Waals surface area (Å²) in [6, 6.07) is 6.48. The molecule has 0 radical (unpaired) electrons. The molecule has 2 rings (SSSR count). The van der Waals surface area contributed by atoms with E-state index in [9.17, 15) is 0 Å². The zero-order valence-electron chi connectivity index (χ0n) is 10.2. The van der Waals surface area contributed by atoms with Gasteiger partial charge in [-0.25, -0.2) is 0 Å². The first-order chi connectivity index (χ1) is 8.20. The highest BCUT2D eigenvalue weighted by Gasteiger charge is 2.22. The van der Waals surface area contributed by atoms with Crippen LogP contribution in [0.2, 0.25) is 0 Å². The summed E-state index contributed by atoms with van der Waals surface area (Å²) in [6.45, 7) is 3.96. The molecule has 0 amide bonds. The molecule has 1 aliphatic rings. The minimum absolute atomic E-state index is 0.429. The van der Waals surface area contributed by atoms with Crippen LogP contribution in [0.25, 0.3) is 0 Å². The lowest BCUT2D eigenvalue weighted by Crippen LogP contribution is -2.26. The normalized spacial score (nSPS) is 21.2. The molecule has 0 aromatic heterocycles. The Hall–Kier alpha value is -0.740. The maximum absolute atomic E-state index is 5.41. The molecule has 0 aliphatic carbocycles. The van der Waals surface area contributed by atoms with Crippen LogP contribution in [0.3, 0.4) is 0 Å². The minimum atomic E-state index is 0.429. The van der Waals surface area contributed by atoms with Gasteiger partial charge in [-0.1, -0.05) is 0 Å². The summed E-state index contributed by atoms with van der Waals surface area (Å²) >= 11 is 3.49. The lowest BCUT2D eigenvalue weighted by atomic mass is 10.0. The smallest absolute Gasteiger partial charge is 0.133 e. The molecule has 1 aromatic carbocycles. The van der Waals surface area contributed by atoms with Gasteiger partial charge >= 0.3 is 0 Å². The zero-order chi connectivity index (χ0) is 12.3. The first-order valence-electron chi connectivity index (χ1n) is 5.88. The highest BCUT2D eigenvalue weighted by atomic mass is 79.9. The maximum atomic E-state index is 5.41. The summed E-state index contributed by atoms with van der Waals surface area (Å²) in [5.74, 6) is 1.46. The van der Waals surface area contributed by atoms with E-state index in [2.05, 4.69) is 28.2 Å². The van der Waals surface area contributed by atoms with Gasteiger partial charge in [-0.15, -0.1) is 0 Å². The first-order valence-corrected chi connectivity index (χ1v) is 6.68. The predicted octanol–water partition coefficient (Wildman–Crippen LogP) is 3.29. The van der Waals surface area contributed by atoms with Gasteiger partial charge in [-0.2, -0.15) is 0 Å². The van der Waals surface area contributed by atoms with Crippen molar-refractivity contribution in [3.05, 3.63) is 22.7 Å². The molecule has 1 aromatic rings. The standard InChI is InChI=1S/C13H18BrNO2/c1-9(10-5-6-17-8-10)15-11-3-4-13(16-2)12(14)7-11/h3-4,7,9-10,15H,5-6,8H2,1-2H3. The molecular weight excluding hydrogens is 282 g/mol. The third kappa shape index (κ3) is 3.13. The third-order valence-corrected chi connectivity index (χ3v) is 3.84. The number of hydrogen-bond acceptors (Lipinski definition) is 3. The van der Waals surface area contributed by atoms with Crippen LogP contribution in [0.15, 0.2) is 22.7 Å². The van der Waals surface area contributed by atoms with Gasteiger partial charge in [0.25, 0.3) is 0 Å². The number of ether oxygens (including phenoxy) is 2. The van der Waals surface area contributed by atoms with E-state index in [1.54, 1.807) is 7.11 Å². The van der Waals surface area contributed by atoms with Gasteiger partial charge in [-0.05, 0) is 47.5 Å². The van der Waals surface area contributed by atoms with Crippen LogP contribution in [0.4, 0.5) is 5.69 Å². The Balaban J connectivity index is 2.00. The number of hydrogen-bond donors (Lipinski definition) is 1. The topological polar surface area (TPSA) is 30.5 Å². The molecule has 1 saturated heterocycles. The highest BCUT2D eigenvalue weighted by Crippen LogP contribution is 2.29. The van der Waals surface area contributed by atoms with Crippen LogP contribution < -0.4 is 10.1 Å². The van der Waals surface area contributed by atoms with Crippen LogP contribution in [-0.4, -0.2) is 26.4 Å². The monoisotopic (exact) mass is 299 g/mol. The van der Waals surface area contributed by atoms with Gasteiger partial charge in [0.15, 0.2) is 0 Å². The second-order valence-electron chi connectivity index (χ2n) is 4.41. The molecule has 3 nitrogen and oxygen atoms in total. The Bertz CT molecular complexity index is 378. The number of methoxy groups -OCH3 is 1. The fraction of sp³-hybridized carbons (Fsp3) is 0.538. The number of anilines is 1. The summed E-state index contributed by atoms with van der Waals surface area (Å²) < 4.78 is 11.6. The summed E-state index contributed by atoms with van der Waals surface area (Å²) in [4.78, 5) is 0. The molecule has 2 atom stereocenters. The molecule has 1 fully saturated rings. The Morgan fingerprint density at radius 1 is 1.53 bits per heavy atom. The highest BCUT2D eigenvalue weighted by molar-refractivity contribution is 9.10. The van der Waals surface area contributed by atoms with E-state index < -0.39 is 0 Å². The van der Waals surface area contributed by atoms with Gasteiger partial charge in [-0.3, -0.25) is 0 Å². The second-order valence-corrected chi connectivity index (χ2v) is 5.26. The van der Waals surface area contributed by atoms with Gasteiger partial charge < -0.3 is 14.8 Å². The number of nitrogens with one attached hydrogen (secondary N) is 1. The van der Waals surface area contributed by atoms with E-state index in [4.69, 9.17) is 9.47 Å². The van der Waals surface area contributed by atoms with E-state index in [0.29, 0.717) is 12.0 Å². The summed E-state index contributed by atoms with van der Waals surface area (Å²) in [6.07, 6.45) is 1.14. The van der Waals surface area contributed by atoms with Crippen LogP contribution in [0, 0.1) is 5.92 Å². The number of rotatable bonds is 4. The molecule has 0 spiro atoms. The average Bonchev–Trinajstić information content (AvgIpc) is 2.82. The molecule has 4 heteroatoms. The van der Waals surface area contributed by atoms with Crippen LogP contribution >= 0.6 is 15.9 Å². The molecule has 1 N–H and O–H groups in total. The van der Waals surface area contributed by atoms with Crippen LogP contribution in [0.1, 0.15) is 13.3 Å². The van der Waals surface area contributed by atoms with Crippen molar-refractivity contribution in [1.29, 1.82) is 0 Å². The number of benzene rings is 1. The summed E-state index contributed by atoms with van der Waals surface area (Å²) in [7, 11) is 1.67. The molecule has 94 valence electrons. The summed E-state index contributed by atoms with van der Waals surface area (Å²) in [5.41, 5.74) is 1.11. The lowest BCUT2D eigenvalue weighted by Gasteiger charge is -2.20. The SMILES string of the molecule is COc1ccc(NC(C)C2CCOC2)cc1Br. The van der Waals surface area contributed by atoms with Gasteiger partial charge in [0.2, 0.25) is 0 Å². The lowest BCUT2D eigenvalue weighted by molar-refractivity contribution is 0.183. The molecule has 1 aliphatic heterocycles. The Labute approximate surface area is 111 Å². The minimum Gasteiger partial charge on any atom is -0.496 e. The van der Waals surface area contributed by atoms with Crippen molar-refractivity contribution in [3.8, 4) is 5.75 Å². The van der Waals surface area contributed by atoms with Crippen molar-refractivity contribution >= 4 is 21.6 Å². The Morgan fingerprint density at radius 2 is 2.35 bits per heavy atom. The van der Waals surface area contributed by atoms with Gasteiger partial charge in [0.05, 0.1) is 18.2 Å². The quantitative estimate of drug-likeness (QED) is 0.925. The predicted molar refractivity (Wildman–Crippen MR) is 72.7 cm³/mol. The molecule has 0 saturated carbocycles. The van der Waals surface area contributed by atoms with Crippen molar-refractivity contribution < 1.29 is 9.47 Å². The van der Waals surface area contributed by atoms with Crippen LogP contribution in [0.5, 0.6) is 5.75 Å². The first kappa shape index (κ1) is 12.7. The fourth-order valence-electron chi connectivity index (χ4n) is 2.08. The van der Waals surface area contributed by atoms with Crippen molar-refractivity contribution in [2.24, 2.45) is 5.92 Å². The Kier molecular flexibility index (Phi) is 4.29. The maximum Gasteiger partial charge on any atom is 0.133 e. The van der Waals surface area contributed by atoms with Crippen molar-refractivity contribution in [2.45, 2.75) is 19.4 Å². The van der Waals surface area contributed by atoms with Crippen LogP contribution in [-0.2, 0) is 4.74 Å². The van der Waals surface area contributed by atoms with Crippen molar-refractivity contribution in [3.63, 3.8) is 0 Å². The number of halogens is 1. The molecule has 2 unspecified atom stereocenters. The van der Waals surface area contributed by atoms with E-state index in [1.807, 2.05) is 18.2 Å². The van der Waals surface area contributed by atoms with E-state index in [-0.39, 0.29) is 0 Å². The van der Waals surface area contributed by atoms with Crippen molar-refractivity contribution in [2.75, 3.05) is 25.6 Å². The molecular formula is C13H18BrNO2. The largest absolute Gasteiger partial charge is 0.496 e. The average molecular weight is 300 g/mol. The molecule has 0 bridgehead atoms. The molecule has 17 heavy (non-hydrogen) atoms. The second kappa shape index (κ2) is 5.74. The fourth-order valence-corrected chi connectivity index (χ4v) is 2.62. The van der Waals surface area contributed by atoms with E-state index in [0.717, 1.165) is 35.5 Å². The van der Waals surface area contributed by atoms with Gasteiger partial charge in [0.1, 0.15) is 5.75 Å². The summed E-state index contributed by atoms with van der Waals surface area (Å²) in [5, 5.41) is 3.51. The zero-order valence-corrected chi connectivity index (χ0v) is 11.8. The Morgan fingerprint density at radius 3 is 2.94 bits per heavy atom.